The minimum atomic E-state index is -3.31. The summed E-state index contributed by atoms with van der Waals surface area (Å²) in [4.78, 5) is 12.1. The molecule has 0 saturated carbocycles. The zero-order valence-corrected chi connectivity index (χ0v) is 13.2. The van der Waals surface area contributed by atoms with Crippen LogP contribution in [0.15, 0.2) is 29.2 Å². The summed E-state index contributed by atoms with van der Waals surface area (Å²) in [5.74, 6) is -0.359. The standard InChI is InChI=1S/C15H21NO4S/c1-3-13(16)15(10-14(17)20-2)8-9-21(18,19)12-7-5-4-6-11(12)15/h4-7,13H,3,8-10,16H2,1-2H3. The van der Waals surface area contributed by atoms with Gasteiger partial charge in [0.25, 0.3) is 0 Å². The molecule has 0 spiro atoms. The van der Waals surface area contributed by atoms with Gasteiger partial charge in [-0.05, 0) is 24.5 Å². The van der Waals surface area contributed by atoms with Crippen LogP contribution in [-0.4, -0.2) is 33.3 Å². The summed E-state index contributed by atoms with van der Waals surface area (Å²) in [6.45, 7) is 1.94. The average molecular weight is 311 g/mol. The van der Waals surface area contributed by atoms with Gasteiger partial charge in [0, 0.05) is 11.5 Å². The van der Waals surface area contributed by atoms with Crippen LogP contribution >= 0.6 is 0 Å². The van der Waals surface area contributed by atoms with E-state index in [0.717, 1.165) is 0 Å². The molecule has 6 heteroatoms. The third-order valence-electron chi connectivity index (χ3n) is 4.41. The highest BCUT2D eigenvalue weighted by Gasteiger charge is 2.46. The molecule has 1 aromatic rings. The summed E-state index contributed by atoms with van der Waals surface area (Å²) >= 11 is 0. The molecule has 0 bridgehead atoms. The largest absolute Gasteiger partial charge is 0.469 e. The molecule has 2 atom stereocenters. The van der Waals surface area contributed by atoms with Crippen LogP contribution in [0.2, 0.25) is 0 Å². The Balaban J connectivity index is 2.64. The molecule has 21 heavy (non-hydrogen) atoms. The Hall–Kier alpha value is -1.40. The predicted octanol–water partition coefficient (Wildman–Crippen LogP) is 1.40. The van der Waals surface area contributed by atoms with Gasteiger partial charge in [-0.15, -0.1) is 0 Å². The lowest BCUT2D eigenvalue weighted by atomic mass is 9.69. The number of carbonyl (C=O) groups is 1. The zero-order valence-electron chi connectivity index (χ0n) is 12.3. The topological polar surface area (TPSA) is 86.5 Å². The van der Waals surface area contributed by atoms with E-state index in [1.807, 2.05) is 6.92 Å². The Morgan fingerprint density at radius 3 is 2.71 bits per heavy atom. The van der Waals surface area contributed by atoms with Crippen molar-refractivity contribution < 1.29 is 17.9 Å². The van der Waals surface area contributed by atoms with Crippen molar-refractivity contribution in [1.82, 2.24) is 0 Å². The number of fused-ring (bicyclic) bond motifs is 1. The van der Waals surface area contributed by atoms with Crippen LogP contribution in [0.1, 0.15) is 31.7 Å². The van der Waals surface area contributed by atoms with Crippen molar-refractivity contribution in [3.05, 3.63) is 29.8 Å². The highest BCUT2D eigenvalue weighted by atomic mass is 32.2. The summed E-state index contributed by atoms with van der Waals surface area (Å²) < 4.78 is 29.3. The molecule has 1 aliphatic heterocycles. The van der Waals surface area contributed by atoms with Crippen molar-refractivity contribution >= 4 is 15.8 Å². The Bertz CT molecular complexity index is 641. The molecule has 2 unspecified atom stereocenters. The first-order valence-corrected chi connectivity index (χ1v) is 8.67. The van der Waals surface area contributed by atoms with Crippen molar-refractivity contribution in [3.63, 3.8) is 0 Å². The average Bonchev–Trinajstić information content (AvgIpc) is 2.49. The molecule has 5 nitrogen and oxygen atoms in total. The number of carbonyl (C=O) groups excluding carboxylic acids is 1. The fourth-order valence-corrected chi connectivity index (χ4v) is 4.88. The molecule has 0 radical (unpaired) electrons. The normalized spacial score (nSPS) is 24.9. The zero-order chi connectivity index (χ0) is 15.7. The van der Waals surface area contributed by atoms with Gasteiger partial charge in [0.1, 0.15) is 0 Å². The molecule has 0 aromatic heterocycles. The van der Waals surface area contributed by atoms with Crippen molar-refractivity contribution in [3.8, 4) is 0 Å². The monoisotopic (exact) mass is 311 g/mol. The third-order valence-corrected chi connectivity index (χ3v) is 6.18. The van der Waals surface area contributed by atoms with Crippen molar-refractivity contribution in [2.75, 3.05) is 12.9 Å². The highest BCUT2D eigenvalue weighted by molar-refractivity contribution is 7.91. The van der Waals surface area contributed by atoms with Crippen LogP contribution < -0.4 is 5.73 Å². The fraction of sp³-hybridized carbons (Fsp3) is 0.533. The lowest BCUT2D eigenvalue weighted by Gasteiger charge is -2.42. The first kappa shape index (κ1) is 16.0. The molecule has 1 heterocycles. The van der Waals surface area contributed by atoms with Gasteiger partial charge in [0.15, 0.2) is 9.84 Å². The van der Waals surface area contributed by atoms with E-state index in [1.165, 1.54) is 7.11 Å². The number of sulfone groups is 1. The molecule has 0 fully saturated rings. The Kier molecular flexibility index (Phi) is 4.39. The van der Waals surface area contributed by atoms with Gasteiger partial charge in [0.2, 0.25) is 0 Å². The third kappa shape index (κ3) is 2.70. The Morgan fingerprint density at radius 1 is 1.43 bits per heavy atom. The second-order valence-electron chi connectivity index (χ2n) is 5.49. The number of methoxy groups -OCH3 is 1. The van der Waals surface area contributed by atoms with E-state index in [9.17, 15) is 13.2 Å². The minimum absolute atomic E-state index is 0.00864. The van der Waals surface area contributed by atoms with Gasteiger partial charge >= 0.3 is 5.97 Å². The second kappa shape index (κ2) is 5.77. The number of hydrogen-bond donors (Lipinski definition) is 1. The highest BCUT2D eigenvalue weighted by Crippen LogP contribution is 2.44. The lowest BCUT2D eigenvalue weighted by Crippen LogP contribution is -2.50. The van der Waals surface area contributed by atoms with Gasteiger partial charge in [-0.1, -0.05) is 25.1 Å². The van der Waals surface area contributed by atoms with E-state index in [2.05, 4.69) is 0 Å². The first-order chi connectivity index (χ1) is 9.87. The van der Waals surface area contributed by atoms with Crippen molar-refractivity contribution in [2.24, 2.45) is 5.73 Å². The Labute approximate surface area is 125 Å². The smallest absolute Gasteiger partial charge is 0.306 e. The maximum atomic E-state index is 12.3. The van der Waals surface area contributed by atoms with E-state index in [4.69, 9.17) is 10.5 Å². The molecular formula is C15H21NO4S. The van der Waals surface area contributed by atoms with Gasteiger partial charge in [-0.25, -0.2) is 8.42 Å². The number of rotatable bonds is 4. The molecule has 2 rings (SSSR count). The summed E-state index contributed by atoms with van der Waals surface area (Å²) in [6.07, 6.45) is 1.10. The van der Waals surface area contributed by atoms with Crippen LogP contribution in [0, 0.1) is 0 Å². The predicted molar refractivity (Wildman–Crippen MR) is 79.7 cm³/mol. The van der Waals surface area contributed by atoms with E-state index < -0.39 is 15.3 Å². The number of ether oxygens (including phenoxy) is 1. The molecule has 1 aromatic carbocycles. The molecule has 1 aliphatic rings. The molecule has 116 valence electrons. The minimum Gasteiger partial charge on any atom is -0.469 e. The Morgan fingerprint density at radius 2 is 2.10 bits per heavy atom. The lowest BCUT2D eigenvalue weighted by molar-refractivity contribution is -0.142. The number of hydrogen-bond acceptors (Lipinski definition) is 5. The van der Waals surface area contributed by atoms with E-state index in [0.29, 0.717) is 23.3 Å². The number of esters is 1. The van der Waals surface area contributed by atoms with Gasteiger partial charge < -0.3 is 10.5 Å². The van der Waals surface area contributed by atoms with Gasteiger partial charge in [-0.3, -0.25) is 4.79 Å². The quantitative estimate of drug-likeness (QED) is 0.849. The van der Waals surface area contributed by atoms with E-state index in [1.54, 1.807) is 24.3 Å². The van der Waals surface area contributed by atoms with E-state index >= 15 is 0 Å². The first-order valence-electron chi connectivity index (χ1n) is 7.02. The molecule has 0 amide bonds. The molecule has 2 N–H and O–H groups in total. The van der Waals surface area contributed by atoms with Crippen LogP contribution in [0.4, 0.5) is 0 Å². The summed E-state index contributed by atoms with van der Waals surface area (Å²) in [7, 11) is -1.97. The molecular weight excluding hydrogens is 290 g/mol. The molecule has 0 saturated heterocycles. The van der Waals surface area contributed by atoms with Crippen LogP contribution in [0.25, 0.3) is 0 Å². The fourth-order valence-electron chi connectivity index (χ4n) is 3.13. The summed E-state index contributed by atoms with van der Waals surface area (Å²) in [5, 5.41) is 0. The van der Waals surface area contributed by atoms with E-state index in [-0.39, 0.29) is 24.2 Å². The van der Waals surface area contributed by atoms with Gasteiger partial charge in [0.05, 0.1) is 24.2 Å². The van der Waals surface area contributed by atoms with Gasteiger partial charge in [-0.2, -0.15) is 0 Å². The van der Waals surface area contributed by atoms with Crippen molar-refractivity contribution in [2.45, 2.75) is 42.5 Å². The number of nitrogens with two attached hydrogens (primary N) is 1. The van der Waals surface area contributed by atoms with Crippen LogP contribution in [-0.2, 0) is 24.8 Å². The van der Waals surface area contributed by atoms with Crippen LogP contribution in [0.5, 0.6) is 0 Å². The summed E-state index contributed by atoms with van der Waals surface area (Å²) in [5.41, 5.74) is 6.26. The maximum Gasteiger partial charge on any atom is 0.306 e. The van der Waals surface area contributed by atoms with Crippen molar-refractivity contribution in [1.29, 1.82) is 0 Å². The van der Waals surface area contributed by atoms with Crippen LogP contribution in [0.3, 0.4) is 0 Å². The maximum absolute atomic E-state index is 12.3. The second-order valence-corrected chi connectivity index (χ2v) is 7.57. The summed E-state index contributed by atoms with van der Waals surface area (Å²) in [6, 6.07) is 6.55. The SMILES string of the molecule is CCC(N)C1(CC(=O)OC)CCS(=O)(=O)c2ccccc21. The number of benzene rings is 1. The molecule has 0 aliphatic carbocycles.